The predicted molar refractivity (Wildman–Crippen MR) is 172 cm³/mol. The molecule has 0 amide bonds. The molecule has 0 aliphatic heterocycles. The Morgan fingerprint density at radius 2 is 1.25 bits per heavy atom. The molecule has 0 N–H and O–H groups in total. The Morgan fingerprint density at radius 1 is 0.688 bits per heavy atom. The molecule has 48 heavy (non-hydrogen) atoms. The van der Waals surface area contributed by atoms with E-state index in [1.807, 2.05) is 6.07 Å². The van der Waals surface area contributed by atoms with Gasteiger partial charge in [0.05, 0.1) is 71.8 Å². The van der Waals surface area contributed by atoms with Crippen molar-refractivity contribution in [1.82, 2.24) is 9.97 Å². The summed E-state index contributed by atoms with van der Waals surface area (Å²) < 4.78 is 73.9. The second-order valence-corrected chi connectivity index (χ2v) is 10.5. The van der Waals surface area contributed by atoms with E-state index in [1.54, 1.807) is 36.4 Å². The van der Waals surface area contributed by atoms with Crippen molar-refractivity contribution >= 4 is 5.78 Å². The molecule has 264 valence electrons. The summed E-state index contributed by atoms with van der Waals surface area (Å²) >= 11 is 0. The molecule has 0 bridgehead atoms. The Balaban J connectivity index is 1.23. The molecule has 0 fully saturated rings. The lowest BCUT2D eigenvalue weighted by Crippen LogP contribution is -2.17. The van der Waals surface area contributed by atoms with E-state index in [4.69, 9.17) is 28.4 Å². The molecular formula is C35H45F3N2O8. The van der Waals surface area contributed by atoms with Gasteiger partial charge in [0.2, 0.25) is 0 Å². The van der Waals surface area contributed by atoms with Gasteiger partial charge in [-0.05, 0) is 42.7 Å². The van der Waals surface area contributed by atoms with Gasteiger partial charge in [0, 0.05) is 42.9 Å². The molecule has 3 rings (SSSR count). The van der Waals surface area contributed by atoms with Gasteiger partial charge in [-0.2, -0.15) is 0 Å². The van der Waals surface area contributed by atoms with Crippen molar-refractivity contribution in [1.29, 1.82) is 0 Å². The van der Waals surface area contributed by atoms with Crippen LogP contribution in [0.2, 0.25) is 0 Å². The quantitative estimate of drug-likeness (QED) is 0.0730. The Hall–Kier alpha value is -3.46. The minimum Gasteiger partial charge on any atom is -0.406 e. The minimum atomic E-state index is -4.74. The van der Waals surface area contributed by atoms with Crippen LogP contribution in [0.4, 0.5) is 13.2 Å². The summed E-state index contributed by atoms with van der Waals surface area (Å²) in [7, 11) is 0. The summed E-state index contributed by atoms with van der Waals surface area (Å²) in [4.78, 5) is 21.4. The average Bonchev–Trinajstić information content (AvgIpc) is 3.08. The van der Waals surface area contributed by atoms with Gasteiger partial charge in [0.1, 0.15) is 12.1 Å². The minimum absolute atomic E-state index is 0.00203. The predicted octanol–water partition coefficient (Wildman–Crippen LogP) is 6.11. The third kappa shape index (κ3) is 17.1. The van der Waals surface area contributed by atoms with E-state index < -0.39 is 6.36 Å². The van der Waals surface area contributed by atoms with Crippen LogP contribution in [0.15, 0.2) is 60.9 Å². The van der Waals surface area contributed by atoms with Crippen LogP contribution in [-0.2, 0) is 34.8 Å². The highest BCUT2D eigenvalue weighted by atomic mass is 19.4. The number of hydrogen-bond donors (Lipinski definition) is 0. The summed E-state index contributed by atoms with van der Waals surface area (Å²) in [6.45, 7) is 8.28. The van der Waals surface area contributed by atoms with E-state index in [1.165, 1.54) is 18.5 Å². The number of rotatable bonds is 26. The zero-order valence-corrected chi connectivity index (χ0v) is 27.4. The highest BCUT2D eigenvalue weighted by Crippen LogP contribution is 2.24. The van der Waals surface area contributed by atoms with Crippen LogP contribution in [0.3, 0.4) is 0 Å². The zero-order valence-electron chi connectivity index (χ0n) is 27.4. The van der Waals surface area contributed by atoms with Crippen molar-refractivity contribution in [3.05, 3.63) is 77.7 Å². The lowest BCUT2D eigenvalue weighted by Gasteiger charge is -2.09. The molecule has 0 spiro atoms. The van der Waals surface area contributed by atoms with Gasteiger partial charge in [-0.3, -0.25) is 4.79 Å². The monoisotopic (exact) mass is 678 g/mol. The summed E-state index contributed by atoms with van der Waals surface area (Å²) in [5.41, 5.74) is 3.42. The molecule has 0 unspecified atom stereocenters. The van der Waals surface area contributed by atoms with Crippen molar-refractivity contribution in [2.24, 2.45) is 0 Å². The van der Waals surface area contributed by atoms with Crippen molar-refractivity contribution in [3.63, 3.8) is 0 Å². The van der Waals surface area contributed by atoms with Crippen LogP contribution in [0, 0.1) is 0 Å². The third-order valence-electron chi connectivity index (χ3n) is 6.65. The maximum Gasteiger partial charge on any atom is 0.573 e. The van der Waals surface area contributed by atoms with Crippen LogP contribution in [-0.4, -0.2) is 101 Å². The van der Waals surface area contributed by atoms with E-state index in [2.05, 4.69) is 21.6 Å². The van der Waals surface area contributed by atoms with Gasteiger partial charge in [-0.1, -0.05) is 37.3 Å². The van der Waals surface area contributed by atoms with E-state index in [9.17, 15) is 18.0 Å². The average molecular weight is 679 g/mol. The molecule has 1 heterocycles. The number of benzene rings is 2. The fourth-order valence-electron chi connectivity index (χ4n) is 4.35. The summed E-state index contributed by atoms with van der Waals surface area (Å²) in [5, 5.41) is 0. The van der Waals surface area contributed by atoms with Crippen molar-refractivity contribution in [3.8, 4) is 17.0 Å². The van der Waals surface area contributed by atoms with Crippen LogP contribution < -0.4 is 4.74 Å². The molecule has 3 aromatic rings. The molecule has 0 saturated heterocycles. The van der Waals surface area contributed by atoms with Gasteiger partial charge in [0.15, 0.2) is 5.78 Å². The largest absolute Gasteiger partial charge is 0.573 e. The maximum atomic E-state index is 12.8. The van der Waals surface area contributed by atoms with Crippen LogP contribution in [0.25, 0.3) is 11.3 Å². The fraction of sp³-hybridized carbons (Fsp3) is 0.514. The second kappa shape index (κ2) is 23.0. The summed E-state index contributed by atoms with van der Waals surface area (Å²) in [6, 6.07) is 14.7. The number of alkyl halides is 3. The number of halogens is 3. The topological polar surface area (TPSA) is 107 Å². The number of ketones is 1. The molecule has 0 saturated carbocycles. The lowest BCUT2D eigenvalue weighted by atomic mass is 10.0. The molecule has 0 radical (unpaired) electrons. The molecule has 2 aromatic carbocycles. The van der Waals surface area contributed by atoms with Crippen LogP contribution >= 0.6 is 0 Å². The smallest absolute Gasteiger partial charge is 0.406 e. The maximum absolute atomic E-state index is 12.8. The zero-order chi connectivity index (χ0) is 34.3. The Bertz CT molecular complexity index is 1310. The molecule has 13 heteroatoms. The molecule has 0 aliphatic rings. The van der Waals surface area contributed by atoms with Crippen LogP contribution in [0.5, 0.6) is 5.75 Å². The lowest BCUT2D eigenvalue weighted by molar-refractivity contribution is -0.274. The number of nitrogens with zero attached hydrogens (tertiary/aromatic N) is 2. The van der Waals surface area contributed by atoms with Crippen LogP contribution in [0.1, 0.15) is 47.8 Å². The molecule has 0 aliphatic carbocycles. The molecular weight excluding hydrogens is 633 g/mol. The third-order valence-corrected chi connectivity index (χ3v) is 6.65. The number of Topliss-reactive ketones (excluding diaryl/α,β-unsaturated/α-hetero) is 1. The Labute approximate surface area is 279 Å². The number of carbonyl (C=O) groups excluding carboxylic acids is 1. The first-order valence-corrected chi connectivity index (χ1v) is 16.1. The molecule has 1 aromatic heterocycles. The summed E-state index contributed by atoms with van der Waals surface area (Å²) in [6.07, 6.45) is -1.00. The number of ether oxygens (including phenoxy) is 7. The van der Waals surface area contributed by atoms with Gasteiger partial charge in [0.25, 0.3) is 0 Å². The first-order valence-electron chi connectivity index (χ1n) is 16.1. The number of hydrogen-bond acceptors (Lipinski definition) is 10. The SMILES string of the molecule is CCCOCCOCCOCCOCCOCCOCCCC(=O)c1cccc(-c2cc(Cc3ccc(OC(F)(F)F)cc3)ncn2)c1. The first-order chi connectivity index (χ1) is 23.3. The van der Waals surface area contributed by atoms with Crippen molar-refractivity contribution in [2.75, 3.05) is 79.3 Å². The normalized spacial score (nSPS) is 11.6. The first kappa shape index (κ1) is 39.0. The molecule has 0 atom stereocenters. The van der Waals surface area contributed by atoms with E-state index >= 15 is 0 Å². The van der Waals surface area contributed by atoms with Crippen molar-refractivity contribution < 1.29 is 51.1 Å². The number of carbonyl (C=O) groups is 1. The summed E-state index contributed by atoms with van der Waals surface area (Å²) in [5.74, 6) is -0.285. The Morgan fingerprint density at radius 3 is 1.81 bits per heavy atom. The fourth-order valence-corrected chi connectivity index (χ4v) is 4.35. The Kier molecular flexibility index (Phi) is 18.7. The van der Waals surface area contributed by atoms with Crippen molar-refractivity contribution in [2.45, 2.75) is 39.0 Å². The highest BCUT2D eigenvalue weighted by Gasteiger charge is 2.30. The number of aromatic nitrogens is 2. The van der Waals surface area contributed by atoms with Gasteiger partial charge >= 0.3 is 6.36 Å². The highest BCUT2D eigenvalue weighted by molar-refractivity contribution is 5.97. The molecule has 10 nitrogen and oxygen atoms in total. The van der Waals surface area contributed by atoms with Gasteiger partial charge < -0.3 is 33.2 Å². The van der Waals surface area contributed by atoms with E-state index in [-0.39, 0.29) is 11.5 Å². The van der Waals surface area contributed by atoms with E-state index in [0.717, 1.165) is 24.2 Å². The van der Waals surface area contributed by atoms with E-state index in [0.29, 0.717) is 109 Å². The second-order valence-electron chi connectivity index (χ2n) is 10.5. The van der Waals surface area contributed by atoms with Gasteiger partial charge in [-0.15, -0.1) is 13.2 Å². The van der Waals surface area contributed by atoms with Gasteiger partial charge in [-0.25, -0.2) is 9.97 Å². The standard InChI is InChI=1S/C35H45F3N2O8/c1-2-12-42-14-16-44-18-20-46-22-23-47-21-19-45-17-15-43-13-4-7-34(41)30-6-3-5-29(25-30)33-26-31(39-27-40-33)24-28-8-10-32(11-9-28)48-35(36,37)38/h3,5-6,8-11,25-27H,2,4,7,12-24H2,1H3.